The van der Waals surface area contributed by atoms with Crippen molar-refractivity contribution < 1.29 is 9.90 Å². The number of rotatable bonds is 7. The molecule has 3 heterocycles. The number of carbonyl (C=O) groups is 1. The van der Waals surface area contributed by atoms with Gasteiger partial charge in [0.05, 0.1) is 11.9 Å². The maximum atomic E-state index is 13.0. The smallest absolute Gasteiger partial charge is 0.223 e. The molecule has 3 aromatic rings. The summed E-state index contributed by atoms with van der Waals surface area (Å²) in [4.78, 5) is 17.3. The molecule has 8 nitrogen and oxygen atoms in total. The highest BCUT2D eigenvalue weighted by Crippen LogP contribution is 2.41. The predicted molar refractivity (Wildman–Crippen MR) is 143 cm³/mol. The van der Waals surface area contributed by atoms with E-state index in [1.165, 1.54) is 0 Å². The Morgan fingerprint density at radius 2 is 1.89 bits per heavy atom. The van der Waals surface area contributed by atoms with E-state index in [1.54, 1.807) is 24.5 Å². The number of anilines is 1. The Kier molecular flexibility index (Phi) is 6.89. The highest BCUT2D eigenvalue weighted by atomic mass is 16.3. The number of aromatic nitrogens is 4. The molecule has 190 valence electrons. The van der Waals surface area contributed by atoms with E-state index >= 15 is 0 Å². The van der Waals surface area contributed by atoms with Gasteiger partial charge >= 0.3 is 0 Å². The number of H-pyrrole nitrogens is 1. The highest BCUT2D eigenvalue weighted by molar-refractivity contribution is 5.78. The molecule has 1 fully saturated rings. The molecule has 2 aromatic heterocycles. The number of carbonyl (C=O) groups excluding carboxylic acids is 1. The summed E-state index contributed by atoms with van der Waals surface area (Å²) in [5.74, 6) is 1.08. The molecule has 8 heteroatoms. The summed E-state index contributed by atoms with van der Waals surface area (Å²) >= 11 is 0. The van der Waals surface area contributed by atoms with Crippen LogP contribution in [0.3, 0.4) is 0 Å². The van der Waals surface area contributed by atoms with Crippen LogP contribution in [0.2, 0.25) is 0 Å². The second-order valence-electron chi connectivity index (χ2n) is 10.9. The van der Waals surface area contributed by atoms with Gasteiger partial charge in [-0.05, 0) is 76.8 Å². The average molecular weight is 489 g/mol. The average Bonchev–Trinajstić information content (AvgIpc) is 3.36. The van der Waals surface area contributed by atoms with E-state index in [2.05, 4.69) is 64.5 Å². The Hall–Kier alpha value is -3.68. The molecule has 0 saturated carbocycles. The quantitative estimate of drug-likeness (QED) is 0.444. The first kappa shape index (κ1) is 25.4. The summed E-state index contributed by atoms with van der Waals surface area (Å²) in [5, 5.41) is 26.3. The molecule has 2 N–H and O–H groups in total. The molecule has 0 aliphatic carbocycles. The van der Waals surface area contributed by atoms with Gasteiger partial charge in [-0.3, -0.25) is 9.89 Å². The van der Waals surface area contributed by atoms with Gasteiger partial charge in [0.15, 0.2) is 5.82 Å². The Morgan fingerprint density at radius 3 is 2.44 bits per heavy atom. The number of phenolic OH excluding ortho intramolecular Hbond substituents is 1. The molecular formula is C28H36N6O2. The summed E-state index contributed by atoms with van der Waals surface area (Å²) in [5.41, 5.74) is 2.40. The normalized spacial score (nSPS) is 17.1. The molecule has 0 unspecified atom stereocenters. The number of phenols is 1. The summed E-state index contributed by atoms with van der Waals surface area (Å²) in [7, 11) is 2.03. The van der Waals surface area contributed by atoms with Gasteiger partial charge in [0.25, 0.3) is 0 Å². The minimum absolute atomic E-state index is 0.140. The number of nitrogens with zero attached hydrogens (tertiary/aromatic N) is 5. The molecule has 1 aromatic carbocycles. The predicted octanol–water partition coefficient (Wildman–Crippen LogP) is 5.19. The lowest BCUT2D eigenvalue weighted by Crippen LogP contribution is -2.65. The number of aromatic hydroxyl groups is 1. The number of likely N-dealkylation sites (tertiary alicyclic amines) is 1. The molecule has 0 atom stereocenters. The minimum Gasteiger partial charge on any atom is -0.507 e. The fourth-order valence-electron chi connectivity index (χ4n) is 5.69. The van der Waals surface area contributed by atoms with Crippen molar-refractivity contribution in [3.63, 3.8) is 0 Å². The summed E-state index contributed by atoms with van der Waals surface area (Å²) in [6, 6.07) is 9.49. The third-order valence-electron chi connectivity index (χ3n) is 7.16. The number of hydrogen-bond acceptors (Lipinski definition) is 6. The van der Waals surface area contributed by atoms with E-state index in [9.17, 15) is 9.90 Å². The van der Waals surface area contributed by atoms with Gasteiger partial charge < -0.3 is 14.9 Å². The van der Waals surface area contributed by atoms with Gasteiger partial charge in [-0.25, -0.2) is 0 Å². The van der Waals surface area contributed by atoms with Crippen molar-refractivity contribution in [3.8, 4) is 28.1 Å². The number of benzene rings is 1. The summed E-state index contributed by atoms with van der Waals surface area (Å²) < 4.78 is 0. The van der Waals surface area contributed by atoms with E-state index in [-0.39, 0.29) is 28.8 Å². The van der Waals surface area contributed by atoms with Crippen LogP contribution in [-0.4, -0.2) is 60.5 Å². The topological polar surface area (TPSA) is 98.2 Å². The van der Waals surface area contributed by atoms with Gasteiger partial charge in [-0.2, -0.15) is 5.10 Å². The molecule has 4 rings (SSSR count). The fraction of sp³-hybridized carbons (Fsp3) is 0.429. The zero-order valence-corrected chi connectivity index (χ0v) is 21.8. The van der Waals surface area contributed by atoms with Crippen LogP contribution in [0.25, 0.3) is 22.4 Å². The van der Waals surface area contributed by atoms with Crippen LogP contribution in [0.5, 0.6) is 5.75 Å². The number of piperidine rings is 1. The van der Waals surface area contributed by atoms with Crippen molar-refractivity contribution in [3.05, 3.63) is 55.4 Å². The zero-order chi connectivity index (χ0) is 26.1. The Labute approximate surface area is 213 Å². The van der Waals surface area contributed by atoms with Crippen LogP contribution < -0.4 is 4.90 Å². The molecule has 0 spiro atoms. The lowest BCUT2D eigenvalue weighted by atomic mass is 9.76. The molecule has 1 aliphatic heterocycles. The third-order valence-corrected chi connectivity index (χ3v) is 7.16. The zero-order valence-electron chi connectivity index (χ0n) is 21.8. The Morgan fingerprint density at radius 1 is 1.17 bits per heavy atom. The second kappa shape index (κ2) is 9.76. The van der Waals surface area contributed by atoms with Gasteiger partial charge in [0, 0.05) is 47.9 Å². The molecular weight excluding hydrogens is 452 g/mol. The van der Waals surface area contributed by atoms with Crippen molar-refractivity contribution in [2.75, 3.05) is 11.9 Å². The number of amides is 1. The van der Waals surface area contributed by atoms with Crippen molar-refractivity contribution in [1.82, 2.24) is 25.3 Å². The van der Waals surface area contributed by atoms with Crippen LogP contribution in [0.15, 0.2) is 55.4 Å². The van der Waals surface area contributed by atoms with Crippen molar-refractivity contribution in [2.24, 2.45) is 0 Å². The fourth-order valence-corrected chi connectivity index (χ4v) is 5.69. The van der Waals surface area contributed by atoms with E-state index in [1.807, 2.05) is 31.3 Å². The molecule has 1 saturated heterocycles. The summed E-state index contributed by atoms with van der Waals surface area (Å²) in [6.07, 6.45) is 8.12. The molecule has 0 radical (unpaired) electrons. The first-order valence-corrected chi connectivity index (χ1v) is 12.4. The maximum absolute atomic E-state index is 13.0. The van der Waals surface area contributed by atoms with E-state index in [4.69, 9.17) is 0 Å². The lowest BCUT2D eigenvalue weighted by Gasteiger charge is -2.56. The summed E-state index contributed by atoms with van der Waals surface area (Å²) in [6.45, 7) is 12.3. The molecule has 36 heavy (non-hydrogen) atoms. The van der Waals surface area contributed by atoms with Gasteiger partial charge in [-0.1, -0.05) is 12.1 Å². The number of allylic oxidation sites excluding steroid dienone is 1. The van der Waals surface area contributed by atoms with Crippen LogP contribution in [0.4, 0.5) is 5.82 Å². The lowest BCUT2D eigenvalue weighted by molar-refractivity contribution is -0.149. The van der Waals surface area contributed by atoms with E-state index in [0.717, 1.165) is 29.8 Å². The van der Waals surface area contributed by atoms with Crippen LogP contribution in [0, 0.1) is 0 Å². The van der Waals surface area contributed by atoms with Gasteiger partial charge in [0.2, 0.25) is 5.91 Å². The second-order valence-corrected chi connectivity index (χ2v) is 10.9. The minimum atomic E-state index is -0.297. The van der Waals surface area contributed by atoms with E-state index < -0.39 is 0 Å². The SMILES string of the molecule is C=CCCC(=O)N1C(C)(C)CC(N(C)c2ccc(-c3ccc(-c4cn[nH]c4)cc3O)nn2)CC1(C)C. The first-order chi connectivity index (χ1) is 17.0. The maximum Gasteiger partial charge on any atom is 0.223 e. The van der Waals surface area contributed by atoms with Crippen LogP contribution in [0.1, 0.15) is 53.4 Å². The van der Waals surface area contributed by atoms with Crippen LogP contribution >= 0.6 is 0 Å². The number of hydrogen-bond donors (Lipinski definition) is 2. The van der Waals surface area contributed by atoms with Crippen molar-refractivity contribution in [1.29, 1.82) is 0 Å². The Bertz CT molecular complexity index is 1200. The largest absolute Gasteiger partial charge is 0.507 e. The Balaban J connectivity index is 1.51. The highest BCUT2D eigenvalue weighted by Gasteiger charge is 2.48. The number of aromatic amines is 1. The van der Waals surface area contributed by atoms with E-state index in [0.29, 0.717) is 24.1 Å². The monoisotopic (exact) mass is 488 g/mol. The van der Waals surface area contributed by atoms with Gasteiger partial charge in [0.1, 0.15) is 5.75 Å². The molecule has 1 amide bonds. The van der Waals surface area contributed by atoms with Crippen LogP contribution in [-0.2, 0) is 4.79 Å². The standard InChI is InChI=1S/C28H36N6O2/c1-7-8-9-26(36)34-27(2,3)15-21(16-28(34,4)5)33(6)25-13-12-23(31-32-25)22-11-10-19(14-24(22)35)20-17-29-30-18-20/h7,10-14,17-18,21,35H,1,8-9,15-16H2,2-6H3,(H,29,30). The van der Waals surface area contributed by atoms with Crippen molar-refractivity contribution >= 4 is 11.7 Å². The third kappa shape index (κ3) is 4.98. The van der Waals surface area contributed by atoms with Crippen molar-refractivity contribution in [2.45, 2.75) is 70.5 Å². The molecule has 0 bridgehead atoms. The molecule has 1 aliphatic rings. The van der Waals surface area contributed by atoms with Gasteiger partial charge in [-0.15, -0.1) is 16.8 Å². The number of nitrogens with one attached hydrogen (secondary N) is 1. The first-order valence-electron chi connectivity index (χ1n) is 12.4.